The average molecular weight is 292 g/mol. The Morgan fingerprint density at radius 1 is 1.52 bits per heavy atom. The molecule has 1 unspecified atom stereocenters. The first-order valence-corrected chi connectivity index (χ1v) is 7.79. The van der Waals surface area contributed by atoms with Crippen LogP contribution in [-0.4, -0.2) is 50.7 Å². The summed E-state index contributed by atoms with van der Waals surface area (Å²) in [6.45, 7) is 6.10. The Bertz CT molecular complexity index is 511. The number of carbonyl (C=O) groups excluding carboxylic acids is 1. The SMILES string of the molecule is CCCNC(CN1CCn2cnnc2C1)(C(N)=O)C1CC1. The molecule has 7 heteroatoms. The number of nitrogens with one attached hydrogen (secondary N) is 1. The van der Waals surface area contributed by atoms with Crippen molar-refractivity contribution in [1.82, 2.24) is 25.0 Å². The van der Waals surface area contributed by atoms with Gasteiger partial charge in [0.05, 0.1) is 6.54 Å². The topological polar surface area (TPSA) is 89.1 Å². The van der Waals surface area contributed by atoms with E-state index in [1.54, 1.807) is 6.33 Å². The van der Waals surface area contributed by atoms with Gasteiger partial charge in [-0.25, -0.2) is 0 Å². The van der Waals surface area contributed by atoms with Crippen LogP contribution < -0.4 is 11.1 Å². The second kappa shape index (κ2) is 5.73. The third-order valence-corrected chi connectivity index (χ3v) is 4.60. The largest absolute Gasteiger partial charge is 0.368 e. The van der Waals surface area contributed by atoms with Crippen molar-refractivity contribution in [3.63, 3.8) is 0 Å². The minimum atomic E-state index is -0.585. The van der Waals surface area contributed by atoms with Crippen LogP contribution in [0.2, 0.25) is 0 Å². The Morgan fingerprint density at radius 2 is 2.33 bits per heavy atom. The van der Waals surface area contributed by atoms with E-state index in [-0.39, 0.29) is 5.91 Å². The van der Waals surface area contributed by atoms with Crippen LogP contribution in [0.3, 0.4) is 0 Å². The molecule has 1 atom stereocenters. The van der Waals surface area contributed by atoms with Crippen molar-refractivity contribution in [3.8, 4) is 0 Å². The van der Waals surface area contributed by atoms with Gasteiger partial charge in [-0.1, -0.05) is 6.92 Å². The molecule has 1 aromatic rings. The highest BCUT2D eigenvalue weighted by Crippen LogP contribution is 2.40. The maximum Gasteiger partial charge on any atom is 0.239 e. The summed E-state index contributed by atoms with van der Waals surface area (Å²) in [5.74, 6) is 1.12. The van der Waals surface area contributed by atoms with Gasteiger partial charge < -0.3 is 15.6 Å². The Balaban J connectivity index is 1.74. The molecule has 3 N–H and O–H groups in total. The molecule has 0 saturated heterocycles. The van der Waals surface area contributed by atoms with Gasteiger partial charge in [-0.15, -0.1) is 10.2 Å². The van der Waals surface area contributed by atoms with Crippen LogP contribution >= 0.6 is 0 Å². The molecule has 1 aromatic heterocycles. The summed E-state index contributed by atoms with van der Waals surface area (Å²) in [7, 11) is 0. The zero-order valence-electron chi connectivity index (χ0n) is 12.6. The molecule has 1 aliphatic carbocycles. The maximum atomic E-state index is 12.2. The van der Waals surface area contributed by atoms with Crippen molar-refractivity contribution in [2.24, 2.45) is 11.7 Å². The number of fused-ring (bicyclic) bond motifs is 1. The first kappa shape index (κ1) is 14.5. The van der Waals surface area contributed by atoms with Gasteiger partial charge in [0, 0.05) is 19.6 Å². The van der Waals surface area contributed by atoms with E-state index in [2.05, 4.69) is 31.9 Å². The highest BCUT2D eigenvalue weighted by atomic mass is 16.1. The Kier molecular flexibility index (Phi) is 3.95. The normalized spacial score (nSPS) is 21.8. The maximum absolute atomic E-state index is 12.2. The summed E-state index contributed by atoms with van der Waals surface area (Å²) >= 11 is 0. The number of aromatic nitrogens is 3. The number of hydrogen-bond acceptors (Lipinski definition) is 5. The summed E-state index contributed by atoms with van der Waals surface area (Å²) in [6.07, 6.45) is 4.94. The van der Waals surface area contributed by atoms with E-state index >= 15 is 0 Å². The molecule has 0 aromatic carbocycles. The number of nitrogens with two attached hydrogens (primary N) is 1. The van der Waals surface area contributed by atoms with Crippen LogP contribution in [0.4, 0.5) is 0 Å². The number of amides is 1. The lowest BCUT2D eigenvalue weighted by Crippen LogP contribution is -2.63. The minimum Gasteiger partial charge on any atom is -0.368 e. The van der Waals surface area contributed by atoms with Crippen LogP contribution in [0.5, 0.6) is 0 Å². The molecule has 1 aliphatic heterocycles. The minimum absolute atomic E-state index is 0.217. The monoisotopic (exact) mass is 292 g/mol. The molecule has 1 saturated carbocycles. The van der Waals surface area contributed by atoms with Crippen LogP contribution in [-0.2, 0) is 17.9 Å². The first-order chi connectivity index (χ1) is 10.2. The second-order valence-corrected chi connectivity index (χ2v) is 6.19. The Labute approximate surface area is 124 Å². The molecule has 7 nitrogen and oxygen atoms in total. The van der Waals surface area contributed by atoms with Crippen LogP contribution in [0.1, 0.15) is 32.0 Å². The summed E-state index contributed by atoms with van der Waals surface area (Å²) in [4.78, 5) is 14.5. The molecule has 0 bridgehead atoms. The molecule has 21 heavy (non-hydrogen) atoms. The summed E-state index contributed by atoms with van der Waals surface area (Å²) in [5.41, 5.74) is 5.20. The molecular formula is C14H24N6O. The van der Waals surface area contributed by atoms with Crippen molar-refractivity contribution >= 4 is 5.91 Å². The Hall–Kier alpha value is -1.47. The molecular weight excluding hydrogens is 268 g/mol. The predicted octanol–water partition coefficient (Wildman–Crippen LogP) is -0.273. The fourth-order valence-electron chi connectivity index (χ4n) is 3.22. The molecule has 3 rings (SSSR count). The summed E-state index contributed by atoms with van der Waals surface area (Å²) < 4.78 is 2.07. The van der Waals surface area contributed by atoms with Gasteiger partial charge in [0.2, 0.25) is 5.91 Å². The van der Waals surface area contributed by atoms with Gasteiger partial charge in [0.1, 0.15) is 17.7 Å². The van der Waals surface area contributed by atoms with Crippen LogP contribution in [0.15, 0.2) is 6.33 Å². The van der Waals surface area contributed by atoms with E-state index < -0.39 is 5.54 Å². The number of hydrogen-bond donors (Lipinski definition) is 2. The van der Waals surface area contributed by atoms with Crippen molar-refractivity contribution in [2.45, 2.75) is 44.8 Å². The highest BCUT2D eigenvalue weighted by molar-refractivity contribution is 5.86. The van der Waals surface area contributed by atoms with E-state index in [1.165, 1.54) is 0 Å². The van der Waals surface area contributed by atoms with E-state index in [1.807, 2.05) is 0 Å². The lowest BCUT2D eigenvalue weighted by Gasteiger charge is -2.38. The fraction of sp³-hybridized carbons (Fsp3) is 0.786. The van der Waals surface area contributed by atoms with Crippen LogP contribution in [0.25, 0.3) is 0 Å². The molecule has 2 heterocycles. The Morgan fingerprint density at radius 3 is 3.00 bits per heavy atom. The highest BCUT2D eigenvalue weighted by Gasteiger charge is 2.50. The van der Waals surface area contributed by atoms with E-state index in [4.69, 9.17) is 5.73 Å². The van der Waals surface area contributed by atoms with Crippen LogP contribution in [0, 0.1) is 5.92 Å². The molecule has 0 spiro atoms. The number of nitrogens with zero attached hydrogens (tertiary/aromatic N) is 4. The third kappa shape index (κ3) is 2.80. The van der Waals surface area contributed by atoms with E-state index in [9.17, 15) is 4.79 Å². The number of rotatable bonds is 7. The van der Waals surface area contributed by atoms with Crippen molar-refractivity contribution < 1.29 is 4.79 Å². The fourth-order valence-corrected chi connectivity index (χ4v) is 3.22. The van der Waals surface area contributed by atoms with Gasteiger partial charge in [-0.3, -0.25) is 9.69 Å². The van der Waals surface area contributed by atoms with Crippen molar-refractivity contribution in [3.05, 3.63) is 12.2 Å². The lowest BCUT2D eigenvalue weighted by molar-refractivity contribution is -0.126. The average Bonchev–Trinajstić information content (AvgIpc) is 3.22. The third-order valence-electron chi connectivity index (χ3n) is 4.60. The van der Waals surface area contributed by atoms with Crippen molar-refractivity contribution in [1.29, 1.82) is 0 Å². The number of carbonyl (C=O) groups is 1. The summed E-state index contributed by atoms with van der Waals surface area (Å²) in [6, 6.07) is 0. The summed E-state index contributed by atoms with van der Waals surface area (Å²) in [5, 5.41) is 11.5. The molecule has 0 radical (unpaired) electrons. The predicted molar refractivity (Wildman–Crippen MR) is 78.2 cm³/mol. The van der Waals surface area contributed by atoms with Gasteiger partial charge >= 0.3 is 0 Å². The second-order valence-electron chi connectivity index (χ2n) is 6.19. The standard InChI is InChI=1S/C14H24N6O/c1-2-5-16-14(13(15)21,11-3-4-11)9-19-6-7-20-10-17-18-12(20)8-19/h10-11,16H,2-9H2,1H3,(H2,15,21). The van der Waals surface area contributed by atoms with E-state index in [0.29, 0.717) is 12.5 Å². The number of primary amides is 1. The van der Waals surface area contributed by atoms with Gasteiger partial charge in [0.15, 0.2) is 0 Å². The molecule has 116 valence electrons. The zero-order valence-corrected chi connectivity index (χ0v) is 12.6. The molecule has 2 aliphatic rings. The molecule has 1 fully saturated rings. The van der Waals surface area contributed by atoms with E-state index in [0.717, 1.165) is 51.3 Å². The molecule has 1 amide bonds. The lowest BCUT2D eigenvalue weighted by atomic mass is 9.90. The zero-order chi connectivity index (χ0) is 14.9. The quantitative estimate of drug-likeness (QED) is 0.722. The van der Waals surface area contributed by atoms with Crippen molar-refractivity contribution in [2.75, 3.05) is 19.6 Å². The first-order valence-electron chi connectivity index (χ1n) is 7.79. The van der Waals surface area contributed by atoms with Gasteiger partial charge in [-0.05, 0) is 31.7 Å². The smallest absolute Gasteiger partial charge is 0.239 e. The van der Waals surface area contributed by atoms with Gasteiger partial charge in [-0.2, -0.15) is 0 Å². The van der Waals surface area contributed by atoms with Gasteiger partial charge in [0.25, 0.3) is 0 Å².